The minimum absolute atomic E-state index is 0.341. The van der Waals surface area contributed by atoms with Crippen molar-refractivity contribution in [2.45, 2.75) is 32.3 Å². The van der Waals surface area contributed by atoms with Gasteiger partial charge in [0.15, 0.2) is 5.78 Å². The fourth-order valence-corrected chi connectivity index (χ4v) is 1.69. The summed E-state index contributed by atoms with van der Waals surface area (Å²) in [7, 11) is 0. The van der Waals surface area contributed by atoms with E-state index in [1.54, 1.807) is 20.8 Å². The molecule has 4 nitrogen and oxygen atoms in total. The first-order valence-electron chi connectivity index (χ1n) is 5.59. The van der Waals surface area contributed by atoms with Crippen molar-refractivity contribution in [1.29, 1.82) is 0 Å². The van der Waals surface area contributed by atoms with E-state index in [0.29, 0.717) is 0 Å². The molecule has 1 atom stereocenters. The second kappa shape index (κ2) is 4.66. The van der Waals surface area contributed by atoms with Crippen LogP contribution in [0.3, 0.4) is 0 Å². The molecule has 0 radical (unpaired) electrons. The molecule has 0 spiro atoms. The molecule has 0 saturated carbocycles. The van der Waals surface area contributed by atoms with Gasteiger partial charge in [0.05, 0.1) is 6.54 Å². The summed E-state index contributed by atoms with van der Waals surface area (Å²) in [5.74, 6) is -5.52. The van der Waals surface area contributed by atoms with Crippen LogP contribution in [0.4, 0.5) is 13.6 Å². The highest BCUT2D eigenvalue weighted by molar-refractivity contribution is 5.93. The van der Waals surface area contributed by atoms with Gasteiger partial charge in [-0.25, -0.2) is 13.6 Å². The van der Waals surface area contributed by atoms with Gasteiger partial charge < -0.3 is 9.64 Å². The molecule has 0 aliphatic carbocycles. The third-order valence-electron chi connectivity index (χ3n) is 2.51. The number of carbonyl (C=O) groups is 2. The third-order valence-corrected chi connectivity index (χ3v) is 2.51. The molecule has 1 unspecified atom stereocenters. The fourth-order valence-electron chi connectivity index (χ4n) is 1.69. The highest BCUT2D eigenvalue weighted by Crippen LogP contribution is 2.34. The normalized spacial score (nSPS) is 22.7. The van der Waals surface area contributed by atoms with Gasteiger partial charge in [0.1, 0.15) is 11.5 Å². The van der Waals surface area contributed by atoms with E-state index in [4.69, 9.17) is 4.74 Å². The van der Waals surface area contributed by atoms with Crippen LogP contribution in [0, 0.1) is 5.92 Å². The first-order valence-corrected chi connectivity index (χ1v) is 5.59. The summed E-state index contributed by atoms with van der Waals surface area (Å²) >= 11 is 0. The first kappa shape index (κ1) is 14.6. The third kappa shape index (κ3) is 3.27. The molecule has 0 aromatic heterocycles. The van der Waals surface area contributed by atoms with Gasteiger partial charge in [0, 0.05) is 6.54 Å². The number of nitrogens with zero attached hydrogens (tertiary/aromatic N) is 1. The summed E-state index contributed by atoms with van der Waals surface area (Å²) in [6, 6.07) is 0. The summed E-state index contributed by atoms with van der Waals surface area (Å²) in [4.78, 5) is 23.8. The van der Waals surface area contributed by atoms with E-state index < -0.39 is 35.9 Å². The van der Waals surface area contributed by atoms with Gasteiger partial charge in [-0.2, -0.15) is 0 Å². The Hall–Kier alpha value is -1.46. The number of allylic oxidation sites excluding steroid dienone is 1. The van der Waals surface area contributed by atoms with Crippen LogP contribution >= 0.6 is 0 Å². The predicted molar refractivity (Wildman–Crippen MR) is 61.4 cm³/mol. The van der Waals surface area contributed by atoms with Gasteiger partial charge in [-0.15, -0.1) is 0 Å². The number of ketones is 1. The Labute approximate surface area is 105 Å². The van der Waals surface area contributed by atoms with Crippen LogP contribution in [0.5, 0.6) is 0 Å². The molecule has 0 aromatic rings. The van der Waals surface area contributed by atoms with Crippen molar-refractivity contribution in [3.05, 3.63) is 12.7 Å². The number of carbonyl (C=O) groups excluding carboxylic acids is 2. The van der Waals surface area contributed by atoms with Crippen LogP contribution in [0.15, 0.2) is 12.7 Å². The Kier molecular flexibility index (Phi) is 3.78. The Morgan fingerprint density at radius 2 is 2.00 bits per heavy atom. The van der Waals surface area contributed by atoms with E-state index in [1.165, 1.54) is 0 Å². The van der Waals surface area contributed by atoms with Gasteiger partial charge >= 0.3 is 6.09 Å². The van der Waals surface area contributed by atoms with E-state index in [9.17, 15) is 18.4 Å². The van der Waals surface area contributed by atoms with Crippen LogP contribution in [0.1, 0.15) is 20.8 Å². The summed E-state index contributed by atoms with van der Waals surface area (Å²) < 4.78 is 32.1. The SMILES string of the molecule is C=CC(=O)C1CN(C(=O)OC(C)(C)C)CC1(F)F. The Balaban J connectivity index is 2.76. The second-order valence-electron chi connectivity index (χ2n) is 5.28. The molecule has 6 heteroatoms. The minimum atomic E-state index is -3.23. The highest BCUT2D eigenvalue weighted by atomic mass is 19.3. The summed E-state index contributed by atoms with van der Waals surface area (Å²) in [6.07, 6.45) is 0.0264. The smallest absolute Gasteiger partial charge is 0.410 e. The summed E-state index contributed by atoms with van der Waals surface area (Å²) in [5, 5.41) is 0. The number of amides is 1. The van der Waals surface area contributed by atoms with E-state index in [-0.39, 0.29) is 6.54 Å². The average molecular weight is 261 g/mol. The maximum absolute atomic E-state index is 13.6. The van der Waals surface area contributed by atoms with Crippen molar-refractivity contribution < 1.29 is 23.1 Å². The van der Waals surface area contributed by atoms with E-state index >= 15 is 0 Å². The lowest BCUT2D eigenvalue weighted by molar-refractivity contribution is -0.127. The number of rotatable bonds is 2. The lowest BCUT2D eigenvalue weighted by Crippen LogP contribution is -2.36. The lowest BCUT2D eigenvalue weighted by atomic mass is 10.0. The van der Waals surface area contributed by atoms with Crippen molar-refractivity contribution in [2.24, 2.45) is 5.92 Å². The molecule has 1 saturated heterocycles. The molecule has 1 fully saturated rings. The molecule has 1 aliphatic heterocycles. The van der Waals surface area contributed by atoms with Gasteiger partial charge in [0.25, 0.3) is 5.92 Å². The topological polar surface area (TPSA) is 46.6 Å². The molecular formula is C12H17F2NO3. The number of likely N-dealkylation sites (tertiary alicyclic amines) is 1. The number of alkyl halides is 2. The Morgan fingerprint density at radius 1 is 1.44 bits per heavy atom. The quantitative estimate of drug-likeness (QED) is 0.716. The minimum Gasteiger partial charge on any atom is -0.444 e. The van der Waals surface area contributed by atoms with Crippen LogP contribution in [-0.2, 0) is 9.53 Å². The van der Waals surface area contributed by atoms with Crippen molar-refractivity contribution in [1.82, 2.24) is 4.90 Å². The standard InChI is InChI=1S/C12H17F2NO3/c1-5-9(16)8-6-15(7-12(8,13)14)10(17)18-11(2,3)4/h5,8H,1,6-7H2,2-4H3. The molecule has 1 amide bonds. The molecule has 102 valence electrons. The van der Waals surface area contributed by atoms with Gasteiger partial charge in [0.2, 0.25) is 0 Å². The summed E-state index contributed by atoms with van der Waals surface area (Å²) in [5.41, 5.74) is -0.757. The Morgan fingerprint density at radius 3 is 2.44 bits per heavy atom. The molecule has 1 aliphatic rings. The van der Waals surface area contributed by atoms with Crippen LogP contribution in [0.2, 0.25) is 0 Å². The average Bonchev–Trinajstić information content (AvgIpc) is 2.50. The van der Waals surface area contributed by atoms with Crippen molar-refractivity contribution in [2.75, 3.05) is 13.1 Å². The number of hydrogen-bond acceptors (Lipinski definition) is 3. The first-order chi connectivity index (χ1) is 8.07. The zero-order valence-electron chi connectivity index (χ0n) is 10.7. The van der Waals surface area contributed by atoms with E-state index in [0.717, 1.165) is 11.0 Å². The van der Waals surface area contributed by atoms with Gasteiger partial charge in [-0.1, -0.05) is 6.58 Å². The van der Waals surface area contributed by atoms with Crippen LogP contribution in [0.25, 0.3) is 0 Å². The number of hydrogen-bond donors (Lipinski definition) is 0. The van der Waals surface area contributed by atoms with Crippen LogP contribution < -0.4 is 0 Å². The molecule has 18 heavy (non-hydrogen) atoms. The zero-order valence-corrected chi connectivity index (χ0v) is 10.7. The lowest BCUT2D eigenvalue weighted by Gasteiger charge is -2.24. The maximum Gasteiger partial charge on any atom is 0.410 e. The van der Waals surface area contributed by atoms with E-state index in [1.807, 2.05) is 0 Å². The zero-order chi connectivity index (χ0) is 14.1. The van der Waals surface area contributed by atoms with Gasteiger partial charge in [-0.3, -0.25) is 4.79 Å². The predicted octanol–water partition coefficient (Wildman–Crippen LogP) is 2.24. The largest absolute Gasteiger partial charge is 0.444 e. The Bertz CT molecular complexity index is 374. The number of halogens is 2. The molecule has 0 N–H and O–H groups in total. The van der Waals surface area contributed by atoms with E-state index in [2.05, 4.69) is 6.58 Å². The fraction of sp³-hybridized carbons (Fsp3) is 0.667. The van der Waals surface area contributed by atoms with Gasteiger partial charge in [-0.05, 0) is 26.8 Å². The monoisotopic (exact) mass is 261 g/mol. The molecule has 1 heterocycles. The summed E-state index contributed by atoms with van der Waals surface area (Å²) in [6.45, 7) is 6.98. The molecular weight excluding hydrogens is 244 g/mol. The second-order valence-corrected chi connectivity index (χ2v) is 5.28. The molecule has 1 rings (SSSR count). The van der Waals surface area contributed by atoms with Crippen molar-refractivity contribution in [3.63, 3.8) is 0 Å². The maximum atomic E-state index is 13.6. The molecule has 0 aromatic carbocycles. The van der Waals surface area contributed by atoms with Crippen molar-refractivity contribution >= 4 is 11.9 Å². The highest BCUT2D eigenvalue weighted by Gasteiger charge is 2.52. The number of ether oxygens (including phenoxy) is 1. The molecule has 0 bridgehead atoms. The van der Waals surface area contributed by atoms with Crippen LogP contribution in [-0.4, -0.2) is 41.4 Å². The van der Waals surface area contributed by atoms with Crippen molar-refractivity contribution in [3.8, 4) is 0 Å².